The molecule has 2 spiro atoms. The number of ketones is 2. The standard InChI is InChI=1S/C28H30O10/c1-23-10-18-25(3)28-19(23)20(31)27(38-28,35-11-16(23)21(32)36-18)15-5-4-12-8-13(29)9-17(30)24(12,2)14(15)6-7-26(28,34)22(33)37-25/h4-5,8,13-16,18-19,29,34H,6-7,9-11H2,1-3H3/t13-,14-,15+,16+,18+,19-,23+,24-,25-,26-,27+,28-/m0/s1. The van der Waals surface area contributed by atoms with E-state index >= 15 is 0 Å². The highest BCUT2D eigenvalue weighted by Crippen LogP contribution is 2.74. The highest BCUT2D eigenvalue weighted by atomic mass is 16.8. The molecule has 10 heteroatoms. The van der Waals surface area contributed by atoms with Gasteiger partial charge in [-0.2, -0.15) is 0 Å². The Morgan fingerprint density at radius 1 is 1.11 bits per heavy atom. The van der Waals surface area contributed by atoms with Crippen molar-refractivity contribution >= 4 is 23.5 Å². The highest BCUT2D eigenvalue weighted by Gasteiger charge is 2.93. The number of esters is 2. The van der Waals surface area contributed by atoms with E-state index in [1.54, 1.807) is 32.1 Å². The molecule has 0 aromatic rings. The fourth-order valence-corrected chi connectivity index (χ4v) is 9.89. The van der Waals surface area contributed by atoms with Crippen LogP contribution in [-0.4, -0.2) is 75.1 Å². The molecule has 3 aliphatic carbocycles. The third kappa shape index (κ3) is 2.03. The van der Waals surface area contributed by atoms with Crippen LogP contribution in [0.25, 0.3) is 0 Å². The summed E-state index contributed by atoms with van der Waals surface area (Å²) >= 11 is 0. The van der Waals surface area contributed by atoms with Crippen molar-refractivity contribution in [2.45, 2.75) is 81.3 Å². The van der Waals surface area contributed by atoms with Crippen molar-refractivity contribution in [1.29, 1.82) is 0 Å². The van der Waals surface area contributed by atoms with Crippen LogP contribution in [0.4, 0.5) is 0 Å². The zero-order valence-electron chi connectivity index (χ0n) is 21.4. The van der Waals surface area contributed by atoms with Crippen molar-refractivity contribution in [2.75, 3.05) is 6.61 Å². The third-order valence-corrected chi connectivity index (χ3v) is 11.9. The Balaban J connectivity index is 1.43. The zero-order valence-corrected chi connectivity index (χ0v) is 21.4. The predicted octanol–water partition coefficient (Wildman–Crippen LogP) is 0.528. The van der Waals surface area contributed by atoms with Gasteiger partial charge >= 0.3 is 11.9 Å². The lowest BCUT2D eigenvalue weighted by molar-refractivity contribution is -0.370. The average molecular weight is 527 g/mol. The molecule has 12 atom stereocenters. The fraction of sp³-hybridized carbons (Fsp3) is 0.714. The molecule has 0 aromatic heterocycles. The van der Waals surface area contributed by atoms with Gasteiger partial charge in [0.1, 0.15) is 11.9 Å². The van der Waals surface area contributed by atoms with Crippen molar-refractivity contribution in [3.63, 3.8) is 0 Å². The van der Waals surface area contributed by atoms with Crippen molar-refractivity contribution in [1.82, 2.24) is 0 Å². The summed E-state index contributed by atoms with van der Waals surface area (Å²) in [6.45, 7) is 5.07. The van der Waals surface area contributed by atoms with Crippen molar-refractivity contribution in [3.8, 4) is 0 Å². The Kier molecular flexibility index (Phi) is 3.91. The van der Waals surface area contributed by atoms with Crippen LogP contribution in [0.15, 0.2) is 23.8 Å². The molecule has 0 amide bonds. The molecule has 1 saturated carbocycles. The largest absolute Gasteiger partial charge is 0.458 e. The number of allylic oxidation sites excluding steroid dienone is 2. The summed E-state index contributed by atoms with van der Waals surface area (Å²) in [6.07, 6.45) is 3.65. The van der Waals surface area contributed by atoms with E-state index in [9.17, 15) is 29.4 Å². The number of Topliss-reactive ketones (excluding diaryl/α,β-unsaturated/α-hetero) is 2. The molecule has 5 saturated heterocycles. The summed E-state index contributed by atoms with van der Waals surface area (Å²) in [7, 11) is 0. The van der Waals surface area contributed by atoms with Gasteiger partial charge in [0.15, 0.2) is 22.6 Å². The van der Waals surface area contributed by atoms with Crippen molar-refractivity contribution in [2.24, 2.45) is 34.5 Å². The van der Waals surface area contributed by atoms with E-state index < -0.39 is 87.0 Å². The molecular weight excluding hydrogens is 496 g/mol. The smallest absolute Gasteiger partial charge is 0.342 e. The number of hydrogen-bond donors (Lipinski definition) is 2. The second-order valence-corrected chi connectivity index (χ2v) is 13.2. The molecule has 38 heavy (non-hydrogen) atoms. The van der Waals surface area contributed by atoms with Crippen LogP contribution in [-0.2, 0) is 38.1 Å². The first-order valence-electron chi connectivity index (χ1n) is 13.5. The molecule has 0 aromatic carbocycles. The average Bonchev–Trinajstić information content (AvgIpc) is 3.16. The number of carbonyl (C=O) groups excluding carboxylic acids is 4. The van der Waals surface area contributed by atoms with Crippen molar-refractivity contribution in [3.05, 3.63) is 23.8 Å². The summed E-state index contributed by atoms with van der Waals surface area (Å²) in [4.78, 5) is 55.4. The van der Waals surface area contributed by atoms with Crippen LogP contribution in [0.5, 0.6) is 0 Å². The van der Waals surface area contributed by atoms with Crippen molar-refractivity contribution < 1.29 is 48.3 Å². The van der Waals surface area contributed by atoms with E-state index in [0.29, 0.717) is 5.57 Å². The molecule has 8 rings (SSSR count). The zero-order chi connectivity index (χ0) is 26.8. The summed E-state index contributed by atoms with van der Waals surface area (Å²) in [5.74, 6) is -7.21. The minimum Gasteiger partial charge on any atom is -0.458 e. The van der Waals surface area contributed by atoms with E-state index in [1.165, 1.54) is 0 Å². The number of fused-ring (bicyclic) bond motifs is 5. The van der Waals surface area contributed by atoms with Gasteiger partial charge in [0.25, 0.3) is 0 Å². The molecule has 8 aliphatic rings. The molecule has 202 valence electrons. The SMILES string of the molecule is C[C@]12C(=O)C[C@@H](O)C=C1C=C[C@@H]1[C@@H]2CC[C@]2(O)C(=O)O[C@@]3(C)[C@H]4C[C@]5(C)[C@H](CO[C@@]16O[C@@]32[C@H]5C6=O)C(=O)O4. The van der Waals surface area contributed by atoms with Gasteiger partial charge < -0.3 is 29.2 Å². The number of aliphatic hydroxyl groups is 2. The Hall–Kier alpha value is -2.40. The maximum absolute atomic E-state index is 14.8. The van der Waals surface area contributed by atoms with Crippen LogP contribution in [0.2, 0.25) is 0 Å². The minimum absolute atomic E-state index is 0.0790. The summed E-state index contributed by atoms with van der Waals surface area (Å²) in [5.41, 5.74) is -7.17. The van der Waals surface area contributed by atoms with E-state index in [2.05, 4.69) is 0 Å². The van der Waals surface area contributed by atoms with Gasteiger partial charge in [0, 0.05) is 12.3 Å². The first-order chi connectivity index (χ1) is 17.8. The van der Waals surface area contributed by atoms with E-state index in [4.69, 9.17) is 18.9 Å². The monoisotopic (exact) mass is 526 g/mol. The summed E-state index contributed by atoms with van der Waals surface area (Å²) in [6, 6.07) is 0. The van der Waals surface area contributed by atoms with Gasteiger partial charge in [-0.1, -0.05) is 25.2 Å². The first kappa shape index (κ1) is 23.5. The minimum atomic E-state index is -2.23. The lowest BCUT2D eigenvalue weighted by atomic mass is 9.46. The highest BCUT2D eigenvalue weighted by molar-refractivity contribution is 6.00. The quantitative estimate of drug-likeness (QED) is 0.429. The number of aliphatic hydroxyl groups excluding tert-OH is 1. The molecular formula is C28H30O10. The molecule has 2 N–H and O–H groups in total. The molecule has 0 radical (unpaired) electrons. The first-order valence-corrected chi connectivity index (χ1v) is 13.5. The molecule has 0 unspecified atom stereocenters. The van der Waals surface area contributed by atoms with Crippen LogP contribution in [0.1, 0.15) is 46.5 Å². The Labute approximate surface area is 218 Å². The van der Waals surface area contributed by atoms with Crippen LogP contribution >= 0.6 is 0 Å². The maximum atomic E-state index is 14.8. The number of ether oxygens (including phenoxy) is 4. The molecule has 5 aliphatic heterocycles. The Morgan fingerprint density at radius 2 is 1.87 bits per heavy atom. The van der Waals surface area contributed by atoms with Gasteiger partial charge in [-0.3, -0.25) is 14.4 Å². The van der Waals surface area contributed by atoms with E-state index in [-0.39, 0.29) is 38.1 Å². The number of carbonyl (C=O) groups is 4. The lowest BCUT2D eigenvalue weighted by Gasteiger charge is -2.62. The molecule has 5 heterocycles. The second kappa shape index (κ2) is 6.32. The van der Waals surface area contributed by atoms with Gasteiger partial charge in [-0.25, -0.2) is 4.79 Å². The fourth-order valence-electron chi connectivity index (χ4n) is 9.89. The lowest BCUT2D eigenvalue weighted by Crippen LogP contribution is -2.79. The summed E-state index contributed by atoms with van der Waals surface area (Å²) in [5, 5.41) is 22.7. The second-order valence-electron chi connectivity index (χ2n) is 13.2. The van der Waals surface area contributed by atoms with Gasteiger partial charge in [-0.15, -0.1) is 0 Å². The number of hydrogen-bond acceptors (Lipinski definition) is 10. The molecule has 6 fully saturated rings. The topological polar surface area (TPSA) is 146 Å². The van der Waals surface area contributed by atoms with Crippen LogP contribution in [0, 0.1) is 34.5 Å². The number of rotatable bonds is 0. The van der Waals surface area contributed by atoms with Gasteiger partial charge in [0.2, 0.25) is 5.79 Å². The van der Waals surface area contributed by atoms with Crippen LogP contribution in [0.3, 0.4) is 0 Å². The summed E-state index contributed by atoms with van der Waals surface area (Å²) < 4.78 is 25.0. The van der Waals surface area contributed by atoms with E-state index in [1.807, 2.05) is 6.92 Å². The van der Waals surface area contributed by atoms with Gasteiger partial charge in [-0.05, 0) is 50.0 Å². The third-order valence-electron chi connectivity index (χ3n) is 11.9. The van der Waals surface area contributed by atoms with Gasteiger partial charge in [0.05, 0.1) is 30.0 Å². The Morgan fingerprint density at radius 3 is 2.63 bits per heavy atom. The van der Waals surface area contributed by atoms with E-state index in [0.717, 1.165) is 0 Å². The maximum Gasteiger partial charge on any atom is 0.342 e. The molecule has 10 nitrogen and oxygen atoms in total. The van der Waals surface area contributed by atoms with Crippen LogP contribution < -0.4 is 0 Å². The Bertz CT molecular complexity index is 1330. The molecule has 5 bridgehead atoms. The predicted molar refractivity (Wildman–Crippen MR) is 124 cm³/mol. The normalized spacial score (nSPS) is 59.2.